The Morgan fingerprint density at radius 1 is 1.60 bits per heavy atom. The first-order valence-corrected chi connectivity index (χ1v) is 3.84. The van der Waals surface area contributed by atoms with Gasteiger partial charge in [-0.2, -0.15) is 0 Å². The second-order valence-corrected chi connectivity index (χ2v) is 3.22. The molecule has 0 bridgehead atoms. The van der Waals surface area contributed by atoms with Gasteiger partial charge in [-0.3, -0.25) is 4.79 Å². The molecule has 0 amide bonds. The molecule has 1 aliphatic carbocycles. The highest BCUT2D eigenvalue weighted by Crippen LogP contribution is 2.31. The minimum absolute atomic E-state index is 0.247. The fraction of sp³-hybridized carbons (Fsp3) is 0.667. The third kappa shape index (κ3) is 1.13. The zero-order chi connectivity index (χ0) is 7.72. The monoisotopic (exact) mass is 138 g/mol. The minimum atomic E-state index is 0.247. The number of hydrogen-bond donors (Lipinski definition) is 0. The highest BCUT2D eigenvalue weighted by atomic mass is 16.1. The summed E-state index contributed by atoms with van der Waals surface area (Å²) in [5.74, 6) is 1.40. The van der Waals surface area contributed by atoms with E-state index in [9.17, 15) is 4.79 Å². The van der Waals surface area contributed by atoms with E-state index in [1.165, 1.54) is 0 Å². The van der Waals surface area contributed by atoms with Crippen LogP contribution < -0.4 is 0 Å². The smallest absolute Gasteiger partial charge is 0.155 e. The molecule has 0 heterocycles. The number of ketones is 1. The Hall–Kier alpha value is -0.590. The first-order valence-electron chi connectivity index (χ1n) is 3.84. The van der Waals surface area contributed by atoms with Crippen LogP contribution in [0.4, 0.5) is 0 Å². The molecule has 1 heteroatoms. The molecule has 1 aliphatic rings. The van der Waals surface area contributed by atoms with E-state index in [1.54, 1.807) is 6.92 Å². The highest BCUT2D eigenvalue weighted by molar-refractivity contribution is 5.94. The first-order chi connectivity index (χ1) is 4.63. The van der Waals surface area contributed by atoms with E-state index in [-0.39, 0.29) is 5.78 Å². The summed E-state index contributed by atoms with van der Waals surface area (Å²) < 4.78 is 0. The third-order valence-electron chi connectivity index (χ3n) is 2.46. The predicted octanol–water partition coefficient (Wildman–Crippen LogP) is 2.18. The molecule has 0 spiro atoms. The molecule has 1 nitrogen and oxygen atoms in total. The zero-order valence-electron chi connectivity index (χ0n) is 6.85. The lowest BCUT2D eigenvalue weighted by Crippen LogP contribution is -2.08. The van der Waals surface area contributed by atoms with Crippen molar-refractivity contribution >= 4 is 5.78 Å². The van der Waals surface area contributed by atoms with Crippen molar-refractivity contribution in [2.24, 2.45) is 11.8 Å². The molecular weight excluding hydrogens is 124 g/mol. The maximum Gasteiger partial charge on any atom is 0.155 e. The standard InChI is InChI=1S/C9H14O/c1-6-4-5-9(7(6)2)8(3)10/h5-7H,4H2,1-3H3/t6-,7-/m1/s1. The van der Waals surface area contributed by atoms with Crippen LogP contribution in [0.3, 0.4) is 0 Å². The molecule has 0 saturated carbocycles. The van der Waals surface area contributed by atoms with Crippen LogP contribution in [0.1, 0.15) is 27.2 Å². The SMILES string of the molecule is CC(=O)C1=CC[C@@H](C)[C@H]1C. The van der Waals surface area contributed by atoms with Gasteiger partial charge in [-0.15, -0.1) is 0 Å². The molecule has 56 valence electrons. The Morgan fingerprint density at radius 3 is 2.40 bits per heavy atom. The summed E-state index contributed by atoms with van der Waals surface area (Å²) in [6.45, 7) is 5.97. The van der Waals surface area contributed by atoms with E-state index in [0.29, 0.717) is 11.8 Å². The zero-order valence-corrected chi connectivity index (χ0v) is 6.85. The maximum absolute atomic E-state index is 10.9. The lowest BCUT2D eigenvalue weighted by atomic mass is 9.93. The summed E-state index contributed by atoms with van der Waals surface area (Å²) in [5.41, 5.74) is 1.03. The number of carbonyl (C=O) groups excluding carboxylic acids is 1. The lowest BCUT2D eigenvalue weighted by molar-refractivity contribution is -0.114. The van der Waals surface area contributed by atoms with Gasteiger partial charge < -0.3 is 0 Å². The number of Topliss-reactive ketones (excluding diaryl/α,β-unsaturated/α-hetero) is 1. The van der Waals surface area contributed by atoms with E-state index in [2.05, 4.69) is 19.9 Å². The normalized spacial score (nSPS) is 32.1. The van der Waals surface area contributed by atoms with Crippen LogP contribution in [0.5, 0.6) is 0 Å². The van der Waals surface area contributed by atoms with Gasteiger partial charge in [0.15, 0.2) is 5.78 Å². The average molecular weight is 138 g/mol. The second-order valence-electron chi connectivity index (χ2n) is 3.22. The second kappa shape index (κ2) is 2.57. The van der Waals surface area contributed by atoms with Gasteiger partial charge in [-0.05, 0) is 30.8 Å². The van der Waals surface area contributed by atoms with Crippen molar-refractivity contribution in [3.05, 3.63) is 11.6 Å². The number of hydrogen-bond acceptors (Lipinski definition) is 1. The van der Waals surface area contributed by atoms with Crippen LogP contribution in [0.2, 0.25) is 0 Å². The average Bonchev–Trinajstić information content (AvgIpc) is 2.14. The van der Waals surface area contributed by atoms with Gasteiger partial charge in [-0.1, -0.05) is 19.9 Å². The molecule has 0 N–H and O–H groups in total. The van der Waals surface area contributed by atoms with E-state index in [4.69, 9.17) is 0 Å². The Balaban J connectivity index is 2.72. The summed E-state index contributed by atoms with van der Waals surface area (Å²) in [4.78, 5) is 10.9. The Morgan fingerprint density at radius 2 is 2.20 bits per heavy atom. The fourth-order valence-corrected chi connectivity index (χ4v) is 1.47. The maximum atomic E-state index is 10.9. The van der Waals surface area contributed by atoms with Crippen LogP contribution in [-0.4, -0.2) is 5.78 Å². The molecule has 0 aromatic rings. The van der Waals surface area contributed by atoms with Gasteiger partial charge in [0.05, 0.1) is 0 Å². The summed E-state index contributed by atoms with van der Waals surface area (Å²) in [5, 5.41) is 0. The Bertz CT molecular complexity index is 179. The topological polar surface area (TPSA) is 17.1 Å². The third-order valence-corrected chi connectivity index (χ3v) is 2.46. The molecule has 0 aromatic carbocycles. The molecule has 1 rings (SSSR count). The lowest BCUT2D eigenvalue weighted by Gasteiger charge is -2.11. The van der Waals surface area contributed by atoms with E-state index in [0.717, 1.165) is 12.0 Å². The summed E-state index contributed by atoms with van der Waals surface area (Å²) >= 11 is 0. The number of allylic oxidation sites excluding steroid dienone is 2. The largest absolute Gasteiger partial charge is 0.295 e. The molecule has 2 atom stereocenters. The molecule has 0 saturated heterocycles. The van der Waals surface area contributed by atoms with Crippen LogP contribution in [0.25, 0.3) is 0 Å². The molecular formula is C9H14O. The van der Waals surface area contributed by atoms with Gasteiger partial charge in [0.2, 0.25) is 0 Å². The van der Waals surface area contributed by atoms with Crippen molar-refractivity contribution < 1.29 is 4.79 Å². The summed E-state index contributed by atoms with van der Waals surface area (Å²) in [6.07, 6.45) is 3.16. The van der Waals surface area contributed by atoms with Crippen molar-refractivity contribution in [2.75, 3.05) is 0 Å². The summed E-state index contributed by atoms with van der Waals surface area (Å²) in [6, 6.07) is 0. The van der Waals surface area contributed by atoms with Crippen LogP contribution in [0.15, 0.2) is 11.6 Å². The molecule has 0 fully saturated rings. The predicted molar refractivity (Wildman–Crippen MR) is 41.7 cm³/mol. The Kier molecular flexibility index (Phi) is 1.93. The molecule has 0 radical (unpaired) electrons. The first kappa shape index (κ1) is 7.52. The van der Waals surface area contributed by atoms with Crippen LogP contribution >= 0.6 is 0 Å². The summed E-state index contributed by atoms with van der Waals surface area (Å²) in [7, 11) is 0. The van der Waals surface area contributed by atoms with Gasteiger partial charge in [-0.25, -0.2) is 0 Å². The quantitative estimate of drug-likeness (QED) is 0.542. The van der Waals surface area contributed by atoms with Gasteiger partial charge >= 0.3 is 0 Å². The number of rotatable bonds is 1. The van der Waals surface area contributed by atoms with Crippen molar-refractivity contribution in [3.8, 4) is 0 Å². The van der Waals surface area contributed by atoms with Gasteiger partial charge in [0, 0.05) is 0 Å². The van der Waals surface area contributed by atoms with Crippen LogP contribution in [-0.2, 0) is 4.79 Å². The van der Waals surface area contributed by atoms with Crippen molar-refractivity contribution in [1.29, 1.82) is 0 Å². The fourth-order valence-electron chi connectivity index (χ4n) is 1.47. The van der Waals surface area contributed by atoms with E-state index in [1.807, 2.05) is 0 Å². The van der Waals surface area contributed by atoms with Crippen LogP contribution in [0, 0.1) is 11.8 Å². The van der Waals surface area contributed by atoms with Crippen molar-refractivity contribution in [1.82, 2.24) is 0 Å². The van der Waals surface area contributed by atoms with Crippen molar-refractivity contribution in [2.45, 2.75) is 27.2 Å². The highest BCUT2D eigenvalue weighted by Gasteiger charge is 2.24. The van der Waals surface area contributed by atoms with Gasteiger partial charge in [0.1, 0.15) is 0 Å². The number of carbonyl (C=O) groups is 1. The molecule has 0 aliphatic heterocycles. The van der Waals surface area contributed by atoms with E-state index >= 15 is 0 Å². The molecule has 10 heavy (non-hydrogen) atoms. The minimum Gasteiger partial charge on any atom is -0.295 e. The van der Waals surface area contributed by atoms with Gasteiger partial charge in [0.25, 0.3) is 0 Å². The molecule has 0 aromatic heterocycles. The molecule has 0 unspecified atom stereocenters. The Labute approximate surface area is 62.1 Å². The van der Waals surface area contributed by atoms with Crippen molar-refractivity contribution in [3.63, 3.8) is 0 Å². The van der Waals surface area contributed by atoms with E-state index < -0.39 is 0 Å².